The van der Waals surface area contributed by atoms with E-state index in [4.69, 9.17) is 11.6 Å². The van der Waals surface area contributed by atoms with Crippen molar-refractivity contribution in [3.05, 3.63) is 53.2 Å². The molecule has 4 rings (SSSR count). The van der Waals surface area contributed by atoms with Gasteiger partial charge in [0.05, 0.1) is 11.2 Å². The lowest BCUT2D eigenvalue weighted by atomic mass is 10.0. The average Bonchev–Trinajstić information content (AvgIpc) is 3.47. The van der Waals surface area contributed by atoms with E-state index in [-0.39, 0.29) is 0 Å². The molecule has 0 bridgehead atoms. The van der Waals surface area contributed by atoms with E-state index in [0.717, 1.165) is 34.3 Å². The molecule has 2 aromatic carbocycles. The molecule has 0 spiro atoms. The maximum Gasteiger partial charge on any atom is 0.187 e. The molecule has 4 nitrogen and oxygen atoms in total. The van der Waals surface area contributed by atoms with Crippen LogP contribution in [-0.4, -0.2) is 22.8 Å². The minimum absolute atomic E-state index is 0.395. The maximum absolute atomic E-state index is 9.50. The van der Waals surface area contributed by atoms with Gasteiger partial charge in [-0.15, -0.1) is 10.2 Å². The molecule has 1 aliphatic carbocycles. The van der Waals surface area contributed by atoms with E-state index in [1.165, 1.54) is 12.8 Å². The highest BCUT2D eigenvalue weighted by molar-refractivity contribution is 6.33. The third kappa shape index (κ3) is 2.81. The van der Waals surface area contributed by atoms with Crippen LogP contribution in [0.2, 0.25) is 5.02 Å². The Morgan fingerprint density at radius 3 is 2.68 bits per heavy atom. The Labute approximate surface area is 151 Å². The summed E-state index contributed by atoms with van der Waals surface area (Å²) >= 11 is 6.32. The number of hydrogen-bond acceptors (Lipinski definition) is 4. The number of nitrogens with zero attached hydrogens (tertiary/aromatic N) is 4. The molecule has 5 heteroatoms. The lowest BCUT2D eigenvalue weighted by Crippen LogP contribution is -2.26. The maximum atomic E-state index is 9.50. The van der Waals surface area contributed by atoms with Crippen LogP contribution in [-0.2, 0) is 0 Å². The van der Waals surface area contributed by atoms with Gasteiger partial charge in [-0.3, -0.25) is 0 Å². The number of benzene rings is 2. The lowest BCUT2D eigenvalue weighted by Gasteiger charge is -2.24. The van der Waals surface area contributed by atoms with E-state index in [0.29, 0.717) is 16.8 Å². The molecule has 0 unspecified atom stereocenters. The zero-order chi connectivity index (χ0) is 17.4. The average molecular weight is 349 g/mol. The van der Waals surface area contributed by atoms with Gasteiger partial charge in [-0.25, -0.2) is 0 Å². The second-order valence-electron chi connectivity index (χ2n) is 6.24. The summed E-state index contributed by atoms with van der Waals surface area (Å²) in [5.41, 5.74) is 4.05. The summed E-state index contributed by atoms with van der Waals surface area (Å²) in [4.78, 5) is 2.28. The third-order valence-electron chi connectivity index (χ3n) is 4.64. The Morgan fingerprint density at radius 2 is 2.00 bits per heavy atom. The molecule has 25 heavy (non-hydrogen) atoms. The standard InChI is InChI=1S/C20H17ClN4/c1-2-25(14-8-9-14)20-16-10-7-13(15-5-3-4-6-17(15)21)11-18(16)23-24-19(20)12-22/h3-7,10-11,14H,2,8-9H2,1H3. The molecule has 0 saturated heterocycles. The molecule has 0 N–H and O–H groups in total. The molecule has 0 radical (unpaired) electrons. The van der Waals surface area contributed by atoms with Gasteiger partial charge in [0.15, 0.2) is 5.69 Å². The zero-order valence-electron chi connectivity index (χ0n) is 13.9. The molecule has 1 heterocycles. The van der Waals surface area contributed by atoms with Crippen molar-refractivity contribution < 1.29 is 0 Å². The molecule has 1 aromatic heterocycles. The quantitative estimate of drug-likeness (QED) is 0.678. The molecular formula is C20H17ClN4. The van der Waals surface area contributed by atoms with Gasteiger partial charge in [-0.2, -0.15) is 5.26 Å². The summed E-state index contributed by atoms with van der Waals surface area (Å²) in [6.07, 6.45) is 2.33. The number of aromatic nitrogens is 2. The number of fused-ring (bicyclic) bond motifs is 1. The van der Waals surface area contributed by atoms with Gasteiger partial charge in [-0.1, -0.05) is 35.9 Å². The van der Waals surface area contributed by atoms with Crippen molar-refractivity contribution in [3.8, 4) is 17.2 Å². The van der Waals surface area contributed by atoms with Crippen molar-refractivity contribution in [2.45, 2.75) is 25.8 Å². The normalized spacial score (nSPS) is 13.6. The highest BCUT2D eigenvalue weighted by Crippen LogP contribution is 2.38. The van der Waals surface area contributed by atoms with E-state index in [9.17, 15) is 5.26 Å². The van der Waals surface area contributed by atoms with E-state index in [2.05, 4.69) is 28.1 Å². The summed E-state index contributed by atoms with van der Waals surface area (Å²) < 4.78 is 0. The monoisotopic (exact) mass is 348 g/mol. The smallest absolute Gasteiger partial charge is 0.187 e. The first-order valence-electron chi connectivity index (χ1n) is 8.45. The first-order chi connectivity index (χ1) is 12.2. The summed E-state index contributed by atoms with van der Waals surface area (Å²) in [5, 5.41) is 19.6. The first-order valence-corrected chi connectivity index (χ1v) is 8.82. The third-order valence-corrected chi connectivity index (χ3v) is 4.97. The number of rotatable bonds is 4. The molecular weight excluding hydrogens is 332 g/mol. The fourth-order valence-electron chi connectivity index (χ4n) is 3.31. The summed E-state index contributed by atoms with van der Waals surface area (Å²) in [5.74, 6) is 0. The van der Waals surface area contributed by atoms with Gasteiger partial charge >= 0.3 is 0 Å². The van der Waals surface area contributed by atoms with Gasteiger partial charge in [0, 0.05) is 28.6 Å². The Kier molecular flexibility index (Phi) is 4.03. The van der Waals surface area contributed by atoms with Crippen LogP contribution in [0.4, 0.5) is 5.69 Å². The zero-order valence-corrected chi connectivity index (χ0v) is 14.7. The Balaban J connectivity index is 1.90. The van der Waals surface area contributed by atoms with Crippen LogP contribution in [0.15, 0.2) is 42.5 Å². The topological polar surface area (TPSA) is 52.8 Å². The van der Waals surface area contributed by atoms with Crippen LogP contribution in [0.3, 0.4) is 0 Å². The molecule has 124 valence electrons. The number of hydrogen-bond donors (Lipinski definition) is 0. The van der Waals surface area contributed by atoms with Crippen LogP contribution in [0.25, 0.3) is 22.0 Å². The van der Waals surface area contributed by atoms with E-state index < -0.39 is 0 Å². The molecule has 1 aliphatic rings. The first kappa shape index (κ1) is 15.9. The predicted octanol–water partition coefficient (Wildman–Crippen LogP) is 4.81. The minimum Gasteiger partial charge on any atom is -0.366 e. The van der Waals surface area contributed by atoms with E-state index >= 15 is 0 Å². The van der Waals surface area contributed by atoms with Crippen LogP contribution < -0.4 is 4.90 Å². The molecule has 0 aliphatic heterocycles. The van der Waals surface area contributed by atoms with Crippen molar-refractivity contribution in [2.24, 2.45) is 0 Å². The summed E-state index contributed by atoms with van der Waals surface area (Å²) in [7, 11) is 0. The van der Waals surface area contributed by atoms with Crippen molar-refractivity contribution in [1.29, 1.82) is 5.26 Å². The highest BCUT2D eigenvalue weighted by atomic mass is 35.5. The van der Waals surface area contributed by atoms with Gasteiger partial charge in [-0.05, 0) is 43.5 Å². The van der Waals surface area contributed by atoms with Gasteiger partial charge in [0.25, 0.3) is 0 Å². The largest absolute Gasteiger partial charge is 0.366 e. The molecule has 1 fully saturated rings. The molecule has 1 saturated carbocycles. The summed E-state index contributed by atoms with van der Waals surface area (Å²) in [6, 6.07) is 16.5. The molecule has 0 atom stereocenters. The van der Waals surface area contributed by atoms with E-state index in [1.54, 1.807) is 0 Å². The predicted molar refractivity (Wildman–Crippen MR) is 101 cm³/mol. The number of nitriles is 1. The van der Waals surface area contributed by atoms with Crippen LogP contribution in [0.5, 0.6) is 0 Å². The minimum atomic E-state index is 0.395. The van der Waals surface area contributed by atoms with E-state index in [1.807, 2.05) is 42.5 Å². The van der Waals surface area contributed by atoms with Crippen LogP contribution >= 0.6 is 11.6 Å². The Hall–Kier alpha value is -2.64. The van der Waals surface area contributed by atoms with Crippen LogP contribution in [0, 0.1) is 11.3 Å². The second-order valence-corrected chi connectivity index (χ2v) is 6.65. The lowest BCUT2D eigenvalue weighted by molar-refractivity contribution is 0.821. The van der Waals surface area contributed by atoms with Gasteiger partial charge < -0.3 is 4.90 Å². The number of anilines is 1. The van der Waals surface area contributed by atoms with Crippen molar-refractivity contribution in [2.75, 3.05) is 11.4 Å². The second kappa shape index (κ2) is 6.34. The summed E-state index contributed by atoms with van der Waals surface area (Å²) in [6.45, 7) is 2.97. The fourth-order valence-corrected chi connectivity index (χ4v) is 3.55. The van der Waals surface area contributed by atoms with Crippen molar-refractivity contribution in [3.63, 3.8) is 0 Å². The highest BCUT2D eigenvalue weighted by Gasteiger charge is 2.31. The van der Waals surface area contributed by atoms with Crippen molar-refractivity contribution >= 4 is 28.2 Å². The fraction of sp³-hybridized carbons (Fsp3) is 0.250. The van der Waals surface area contributed by atoms with Crippen molar-refractivity contribution in [1.82, 2.24) is 10.2 Å². The molecule has 3 aromatic rings. The van der Waals surface area contributed by atoms with Gasteiger partial charge in [0.2, 0.25) is 0 Å². The Morgan fingerprint density at radius 1 is 1.20 bits per heavy atom. The Bertz CT molecular complexity index is 989. The SMILES string of the molecule is CCN(c1c(C#N)nnc2cc(-c3ccccc3Cl)ccc12)C1CC1. The number of halogens is 1. The molecule has 0 amide bonds. The van der Waals surface area contributed by atoms with Crippen LogP contribution in [0.1, 0.15) is 25.5 Å². The van der Waals surface area contributed by atoms with Gasteiger partial charge in [0.1, 0.15) is 6.07 Å².